The fraction of sp³-hybridized carbons (Fsp3) is 0.407. The molecule has 35 heavy (non-hydrogen) atoms. The lowest BCUT2D eigenvalue weighted by atomic mass is 10.0. The smallest absolute Gasteiger partial charge is 0.261 e. The van der Waals surface area contributed by atoms with E-state index in [1.165, 1.54) is 16.9 Å². The van der Waals surface area contributed by atoms with Gasteiger partial charge in [-0.3, -0.25) is 9.69 Å². The minimum atomic E-state index is -0.0172. The maximum atomic E-state index is 12.8. The monoisotopic (exact) mass is 552 g/mol. The molecule has 0 unspecified atom stereocenters. The molecule has 0 aliphatic carbocycles. The Morgan fingerprint density at radius 3 is 2.69 bits per heavy atom. The predicted octanol–water partition coefficient (Wildman–Crippen LogP) is 5.06. The molecule has 0 spiro atoms. The zero-order valence-electron chi connectivity index (χ0n) is 19.6. The van der Waals surface area contributed by atoms with Gasteiger partial charge in [0.1, 0.15) is 11.9 Å². The van der Waals surface area contributed by atoms with Gasteiger partial charge in [-0.05, 0) is 96.0 Å². The summed E-state index contributed by atoms with van der Waals surface area (Å²) in [6.45, 7) is 4.83. The number of rotatable bonds is 6. The second kappa shape index (κ2) is 11.1. The van der Waals surface area contributed by atoms with Gasteiger partial charge in [-0.25, -0.2) is 0 Å². The number of halogens is 1. The van der Waals surface area contributed by atoms with Crippen LogP contribution in [0.3, 0.4) is 0 Å². The van der Waals surface area contributed by atoms with Gasteiger partial charge in [0.15, 0.2) is 0 Å². The molecular weight excluding hydrogens is 524 g/mol. The first kappa shape index (κ1) is 24.3. The first-order valence-electron chi connectivity index (χ1n) is 12.2. The Balaban J connectivity index is 1.11. The van der Waals surface area contributed by atoms with E-state index in [0.29, 0.717) is 10.4 Å². The van der Waals surface area contributed by atoms with Crippen LogP contribution in [0.25, 0.3) is 10.1 Å². The molecule has 6 nitrogen and oxygen atoms in total. The Hall–Kier alpha value is -2.44. The molecule has 2 aliphatic rings. The average Bonchev–Trinajstić information content (AvgIpc) is 3.31. The van der Waals surface area contributed by atoms with E-state index in [0.717, 1.165) is 78.7 Å². The number of hydrogen-bond acceptors (Lipinski definition) is 6. The van der Waals surface area contributed by atoms with Gasteiger partial charge in [0, 0.05) is 30.4 Å². The lowest BCUT2D eigenvalue weighted by molar-refractivity contribution is 0.0913. The first-order valence-corrected chi connectivity index (χ1v) is 13.8. The fourth-order valence-corrected chi connectivity index (χ4v) is 6.32. The molecule has 2 fully saturated rings. The summed E-state index contributed by atoms with van der Waals surface area (Å²) in [5.74, 6) is 0.906. The number of likely N-dealkylation sites (tertiary alicyclic amines) is 1. The van der Waals surface area contributed by atoms with E-state index >= 15 is 0 Å². The van der Waals surface area contributed by atoms with E-state index < -0.39 is 0 Å². The van der Waals surface area contributed by atoms with Gasteiger partial charge in [0.2, 0.25) is 0 Å². The number of thiophene rings is 1. The molecule has 2 aromatic carbocycles. The Bertz CT molecular complexity index is 1240. The second-order valence-corrected chi connectivity index (χ2v) is 11.3. The van der Waals surface area contributed by atoms with Gasteiger partial charge in [-0.2, -0.15) is 5.26 Å². The SMILES string of the molecule is N#Cc1ccc2cc(C(=O)NC3CCN(Cc4ccc(OC5CCNCC5)c(Br)c4)CC3)sc2c1. The van der Waals surface area contributed by atoms with Crippen LogP contribution in [-0.4, -0.2) is 49.1 Å². The molecule has 1 amide bonds. The van der Waals surface area contributed by atoms with Crippen molar-refractivity contribution >= 4 is 43.3 Å². The quantitative estimate of drug-likeness (QED) is 0.446. The van der Waals surface area contributed by atoms with Crippen molar-refractivity contribution in [2.24, 2.45) is 0 Å². The third kappa shape index (κ3) is 6.04. The van der Waals surface area contributed by atoms with Crippen LogP contribution in [0, 0.1) is 11.3 Å². The topological polar surface area (TPSA) is 77.4 Å². The highest BCUT2D eigenvalue weighted by molar-refractivity contribution is 9.10. The van der Waals surface area contributed by atoms with E-state index in [9.17, 15) is 4.79 Å². The molecule has 2 saturated heterocycles. The van der Waals surface area contributed by atoms with Crippen LogP contribution in [0.15, 0.2) is 46.9 Å². The lowest BCUT2D eigenvalue weighted by Crippen LogP contribution is -2.44. The number of nitrogens with one attached hydrogen (secondary N) is 2. The summed E-state index contributed by atoms with van der Waals surface area (Å²) in [7, 11) is 0. The largest absolute Gasteiger partial charge is 0.489 e. The Kier molecular flexibility index (Phi) is 7.69. The van der Waals surface area contributed by atoms with E-state index in [4.69, 9.17) is 10.00 Å². The number of carbonyl (C=O) groups is 1. The van der Waals surface area contributed by atoms with E-state index in [1.54, 1.807) is 6.07 Å². The summed E-state index contributed by atoms with van der Waals surface area (Å²) >= 11 is 5.14. The van der Waals surface area contributed by atoms with Gasteiger partial charge in [0.05, 0.1) is 21.0 Å². The fourth-order valence-electron chi connectivity index (χ4n) is 4.79. The summed E-state index contributed by atoms with van der Waals surface area (Å²) in [5, 5.41) is 16.7. The molecule has 0 saturated carbocycles. The molecule has 0 radical (unpaired) electrons. The summed E-state index contributed by atoms with van der Waals surface area (Å²) in [6, 6.07) is 16.2. The van der Waals surface area contributed by atoms with Gasteiger partial charge >= 0.3 is 0 Å². The maximum absolute atomic E-state index is 12.8. The molecule has 0 atom stereocenters. The highest BCUT2D eigenvalue weighted by Crippen LogP contribution is 2.30. The van der Waals surface area contributed by atoms with Crippen LogP contribution in [0.1, 0.15) is 46.5 Å². The van der Waals surface area contributed by atoms with Gasteiger partial charge in [0.25, 0.3) is 5.91 Å². The number of piperidine rings is 2. The minimum Gasteiger partial charge on any atom is -0.489 e. The Morgan fingerprint density at radius 1 is 1.14 bits per heavy atom. The van der Waals surface area contributed by atoms with Crippen molar-refractivity contribution in [3.63, 3.8) is 0 Å². The molecule has 3 heterocycles. The standard InChI is InChI=1S/C27H29BrN4O2S/c28-23-13-19(2-4-24(23)34-22-5-9-30-10-6-22)17-32-11-7-21(8-12-32)31-27(33)26-15-20-3-1-18(16-29)14-25(20)35-26/h1-4,13-15,21-22,30H,5-12,17H2,(H,31,33). The van der Waals surface area contributed by atoms with Crippen molar-refractivity contribution in [2.45, 2.75) is 44.4 Å². The maximum Gasteiger partial charge on any atom is 0.261 e. The first-order chi connectivity index (χ1) is 17.1. The van der Waals surface area contributed by atoms with Crippen molar-refractivity contribution in [3.8, 4) is 11.8 Å². The number of fused-ring (bicyclic) bond motifs is 1. The summed E-state index contributed by atoms with van der Waals surface area (Å²) < 4.78 is 8.18. The van der Waals surface area contributed by atoms with Crippen LogP contribution >= 0.6 is 27.3 Å². The van der Waals surface area contributed by atoms with Crippen LogP contribution < -0.4 is 15.4 Å². The highest BCUT2D eigenvalue weighted by atomic mass is 79.9. The Labute approximate surface area is 218 Å². The summed E-state index contributed by atoms with van der Waals surface area (Å²) in [5.41, 5.74) is 1.88. The summed E-state index contributed by atoms with van der Waals surface area (Å²) in [6.07, 6.45) is 4.26. The molecule has 1 aromatic heterocycles. The third-order valence-corrected chi connectivity index (χ3v) is 8.49. The zero-order valence-corrected chi connectivity index (χ0v) is 22.0. The Morgan fingerprint density at radius 2 is 1.94 bits per heavy atom. The summed E-state index contributed by atoms with van der Waals surface area (Å²) in [4.78, 5) is 16.0. The minimum absolute atomic E-state index is 0.0172. The average molecular weight is 554 g/mol. The normalized spacial score (nSPS) is 17.8. The number of carbonyl (C=O) groups excluding carboxylic acids is 1. The number of benzene rings is 2. The number of nitrogens with zero attached hydrogens (tertiary/aromatic N) is 2. The number of hydrogen-bond donors (Lipinski definition) is 2. The third-order valence-electron chi connectivity index (χ3n) is 6.78. The molecule has 8 heteroatoms. The van der Waals surface area contributed by atoms with Gasteiger partial charge in [-0.15, -0.1) is 11.3 Å². The predicted molar refractivity (Wildman–Crippen MR) is 143 cm³/mol. The molecule has 2 aliphatic heterocycles. The van der Waals surface area contributed by atoms with Gasteiger partial charge < -0.3 is 15.4 Å². The molecular formula is C27H29BrN4O2S. The van der Waals surface area contributed by atoms with Crippen LogP contribution in [0.5, 0.6) is 5.75 Å². The molecule has 5 rings (SSSR count). The molecule has 3 aromatic rings. The number of nitriles is 1. The highest BCUT2D eigenvalue weighted by Gasteiger charge is 2.23. The molecule has 2 N–H and O–H groups in total. The van der Waals surface area contributed by atoms with Crippen LogP contribution in [0.4, 0.5) is 0 Å². The second-order valence-electron chi connectivity index (χ2n) is 9.33. The molecule has 0 bridgehead atoms. The van der Waals surface area contributed by atoms with Crippen molar-refractivity contribution in [1.82, 2.24) is 15.5 Å². The lowest BCUT2D eigenvalue weighted by Gasteiger charge is -2.32. The van der Waals surface area contributed by atoms with Crippen LogP contribution in [0.2, 0.25) is 0 Å². The van der Waals surface area contributed by atoms with E-state index in [2.05, 4.69) is 55.7 Å². The van der Waals surface area contributed by atoms with Gasteiger partial charge in [-0.1, -0.05) is 12.1 Å². The van der Waals surface area contributed by atoms with Crippen molar-refractivity contribution in [2.75, 3.05) is 26.2 Å². The van der Waals surface area contributed by atoms with Crippen molar-refractivity contribution < 1.29 is 9.53 Å². The van der Waals surface area contributed by atoms with Crippen molar-refractivity contribution in [3.05, 3.63) is 62.9 Å². The zero-order chi connectivity index (χ0) is 24.2. The number of ether oxygens (including phenoxy) is 1. The van der Waals surface area contributed by atoms with Crippen LogP contribution in [-0.2, 0) is 6.54 Å². The van der Waals surface area contributed by atoms with E-state index in [1.807, 2.05) is 18.2 Å². The molecule has 182 valence electrons. The number of amides is 1. The van der Waals surface area contributed by atoms with Crippen molar-refractivity contribution in [1.29, 1.82) is 5.26 Å². The van der Waals surface area contributed by atoms with E-state index in [-0.39, 0.29) is 18.1 Å².